The van der Waals surface area contributed by atoms with E-state index in [1.54, 1.807) is 0 Å². The molecule has 0 N–H and O–H groups in total. The van der Waals surface area contributed by atoms with E-state index in [-0.39, 0.29) is 28.2 Å². The first-order valence-electron chi connectivity index (χ1n) is 14.4. The Hall–Kier alpha value is -4.00. The Morgan fingerprint density at radius 1 is 0.696 bits per heavy atom. The molecule has 4 aromatic carbocycles. The monoisotopic (exact) mass is 652 g/mol. The summed E-state index contributed by atoms with van der Waals surface area (Å²) < 4.78 is 138. The van der Waals surface area contributed by atoms with Crippen LogP contribution < -0.4 is 4.74 Å². The Balaban J connectivity index is 1.29. The summed E-state index contributed by atoms with van der Waals surface area (Å²) in [5, 5.41) is 0. The fourth-order valence-electron chi connectivity index (χ4n) is 4.90. The van der Waals surface area contributed by atoms with Crippen LogP contribution in [-0.2, 0) is 20.3 Å². The van der Waals surface area contributed by atoms with Crippen LogP contribution in [0.4, 0.5) is 35.1 Å². The first-order valence-corrected chi connectivity index (χ1v) is 14.4. The van der Waals surface area contributed by atoms with E-state index in [0.29, 0.717) is 56.3 Å². The number of hydrogen-bond acceptors (Lipinski definition) is 4. The van der Waals surface area contributed by atoms with Crippen LogP contribution in [0.25, 0.3) is 22.3 Å². The highest BCUT2D eigenvalue weighted by Gasteiger charge is 2.41. The molecule has 0 aliphatic carbocycles. The molecule has 12 heteroatoms. The molecule has 1 fully saturated rings. The highest BCUT2D eigenvalue weighted by molar-refractivity contribution is 5.66. The summed E-state index contributed by atoms with van der Waals surface area (Å²) in [6.07, 6.45) is -3.55. The second-order valence-electron chi connectivity index (χ2n) is 10.7. The molecule has 0 spiro atoms. The second-order valence-corrected chi connectivity index (χ2v) is 10.7. The summed E-state index contributed by atoms with van der Waals surface area (Å²) in [5.74, 6) is -8.74. The number of ether oxygens (including phenoxy) is 4. The van der Waals surface area contributed by atoms with Crippen molar-refractivity contribution in [2.24, 2.45) is 5.92 Å². The molecular weight excluding hydrogens is 624 g/mol. The van der Waals surface area contributed by atoms with Crippen molar-refractivity contribution in [2.45, 2.75) is 32.2 Å². The lowest BCUT2D eigenvalue weighted by Crippen LogP contribution is -2.30. The minimum Gasteiger partial charge on any atom is -0.429 e. The number of alkyl halides is 2. The normalized spacial score (nSPS) is 16.9. The van der Waals surface area contributed by atoms with Crippen LogP contribution >= 0.6 is 0 Å². The van der Waals surface area contributed by atoms with E-state index in [4.69, 9.17) is 14.2 Å². The maximum absolute atomic E-state index is 15.1. The first-order chi connectivity index (χ1) is 22.0. The SMILES string of the molecule is CCCCOCC1COC(c2ccc(-c3cc(F)c(C(F)(F)Oc4ccc(-c5ccc(F)c(F)c5)c(F)c4)c(F)c3)c(F)c2)OC1. The number of hydrogen-bond donors (Lipinski definition) is 0. The molecule has 0 radical (unpaired) electrons. The van der Waals surface area contributed by atoms with Gasteiger partial charge in [0.05, 0.1) is 19.8 Å². The maximum Gasteiger partial charge on any atom is 0.432 e. The highest BCUT2D eigenvalue weighted by atomic mass is 19.3. The van der Waals surface area contributed by atoms with Crippen LogP contribution in [0.2, 0.25) is 0 Å². The van der Waals surface area contributed by atoms with Gasteiger partial charge in [-0.2, -0.15) is 8.78 Å². The van der Waals surface area contributed by atoms with Gasteiger partial charge in [0.15, 0.2) is 17.9 Å². The second kappa shape index (κ2) is 14.2. The van der Waals surface area contributed by atoms with Crippen molar-refractivity contribution in [3.05, 3.63) is 113 Å². The maximum atomic E-state index is 15.1. The van der Waals surface area contributed by atoms with Crippen molar-refractivity contribution in [3.8, 4) is 28.0 Å². The molecule has 46 heavy (non-hydrogen) atoms. The van der Waals surface area contributed by atoms with Crippen molar-refractivity contribution in [2.75, 3.05) is 26.4 Å². The van der Waals surface area contributed by atoms with Crippen LogP contribution in [0.1, 0.15) is 37.2 Å². The van der Waals surface area contributed by atoms with Crippen LogP contribution in [0.15, 0.2) is 66.7 Å². The van der Waals surface area contributed by atoms with Crippen molar-refractivity contribution in [3.63, 3.8) is 0 Å². The smallest absolute Gasteiger partial charge is 0.429 e. The molecule has 0 unspecified atom stereocenters. The lowest BCUT2D eigenvalue weighted by atomic mass is 10.00. The molecule has 0 atom stereocenters. The zero-order valence-electron chi connectivity index (χ0n) is 24.4. The van der Waals surface area contributed by atoms with Gasteiger partial charge in [0.25, 0.3) is 0 Å². The van der Waals surface area contributed by atoms with Crippen LogP contribution in [0.3, 0.4) is 0 Å². The van der Waals surface area contributed by atoms with Gasteiger partial charge in [0.2, 0.25) is 0 Å². The van der Waals surface area contributed by atoms with Crippen molar-refractivity contribution in [1.82, 2.24) is 0 Å². The zero-order chi connectivity index (χ0) is 33.0. The first kappa shape index (κ1) is 33.4. The molecule has 0 aromatic heterocycles. The molecule has 1 saturated heterocycles. The van der Waals surface area contributed by atoms with E-state index in [2.05, 4.69) is 11.7 Å². The summed E-state index contributed by atoms with van der Waals surface area (Å²) >= 11 is 0. The minimum atomic E-state index is -4.63. The quantitative estimate of drug-likeness (QED) is 0.120. The fourth-order valence-corrected chi connectivity index (χ4v) is 4.90. The predicted molar refractivity (Wildman–Crippen MR) is 152 cm³/mol. The summed E-state index contributed by atoms with van der Waals surface area (Å²) in [6.45, 7) is 3.78. The Morgan fingerprint density at radius 3 is 1.96 bits per heavy atom. The molecule has 1 aliphatic rings. The molecular formula is C34H28F8O4. The summed E-state index contributed by atoms with van der Waals surface area (Å²) in [5.41, 5.74) is -2.45. The predicted octanol–water partition coefficient (Wildman–Crippen LogP) is 9.46. The Labute approximate surface area is 259 Å². The Bertz CT molecular complexity index is 1670. The molecule has 5 rings (SSSR count). The molecule has 1 heterocycles. The molecule has 4 aromatic rings. The van der Waals surface area contributed by atoms with Gasteiger partial charge in [-0.15, -0.1) is 0 Å². The average Bonchev–Trinajstić information content (AvgIpc) is 3.00. The van der Waals surface area contributed by atoms with Crippen molar-refractivity contribution < 1.29 is 54.1 Å². The Kier molecular flexibility index (Phi) is 10.3. The molecule has 4 nitrogen and oxygen atoms in total. The van der Waals surface area contributed by atoms with Gasteiger partial charge < -0.3 is 18.9 Å². The molecule has 1 aliphatic heterocycles. The van der Waals surface area contributed by atoms with Crippen molar-refractivity contribution >= 4 is 0 Å². The van der Waals surface area contributed by atoms with E-state index in [1.807, 2.05) is 0 Å². The van der Waals surface area contributed by atoms with E-state index in [9.17, 15) is 30.7 Å². The lowest BCUT2D eigenvalue weighted by Gasteiger charge is -2.29. The van der Waals surface area contributed by atoms with E-state index in [0.717, 1.165) is 43.2 Å². The van der Waals surface area contributed by atoms with Crippen LogP contribution in [0.5, 0.6) is 5.75 Å². The summed E-state index contributed by atoms with van der Waals surface area (Å²) in [4.78, 5) is 0. The average molecular weight is 653 g/mol. The topological polar surface area (TPSA) is 36.9 Å². The summed E-state index contributed by atoms with van der Waals surface area (Å²) in [7, 11) is 0. The van der Waals surface area contributed by atoms with Crippen LogP contribution in [0, 0.1) is 40.8 Å². The van der Waals surface area contributed by atoms with Crippen LogP contribution in [-0.4, -0.2) is 26.4 Å². The van der Waals surface area contributed by atoms with Gasteiger partial charge >= 0.3 is 6.11 Å². The standard InChI is InChI=1S/C34H28F8O4/c1-2-3-10-43-16-19-17-44-33(45-18-19)21-4-7-25(27(36)12-21)22-13-30(39)32(31(40)14-22)34(41,42)46-23-6-8-24(28(37)15-23)20-5-9-26(35)29(38)11-20/h4-9,11-15,19,33H,2-3,10,16-18H2,1H3. The molecule has 0 bridgehead atoms. The van der Waals surface area contributed by atoms with Crippen molar-refractivity contribution in [1.29, 1.82) is 0 Å². The number of rotatable bonds is 11. The molecule has 0 amide bonds. The minimum absolute atomic E-state index is 0.00884. The zero-order valence-corrected chi connectivity index (χ0v) is 24.4. The third-order valence-corrected chi connectivity index (χ3v) is 7.29. The fraction of sp³-hybridized carbons (Fsp3) is 0.294. The van der Waals surface area contributed by atoms with E-state index < -0.39 is 58.6 Å². The Morgan fingerprint density at radius 2 is 1.33 bits per heavy atom. The molecule has 244 valence electrons. The van der Waals surface area contributed by atoms with Gasteiger partial charge in [-0.1, -0.05) is 31.5 Å². The number of halogens is 8. The van der Waals surface area contributed by atoms with E-state index >= 15 is 4.39 Å². The largest absolute Gasteiger partial charge is 0.432 e. The highest BCUT2D eigenvalue weighted by Crippen LogP contribution is 2.39. The number of unbranched alkanes of at least 4 members (excludes halogenated alkanes) is 1. The van der Waals surface area contributed by atoms with Gasteiger partial charge in [-0.05, 0) is 60.0 Å². The third kappa shape index (κ3) is 7.51. The van der Waals surface area contributed by atoms with Gasteiger partial charge in [-0.3, -0.25) is 0 Å². The lowest BCUT2D eigenvalue weighted by molar-refractivity contribution is -0.212. The summed E-state index contributed by atoms with van der Waals surface area (Å²) in [6, 6.07) is 9.66. The number of benzene rings is 4. The van der Waals surface area contributed by atoms with E-state index in [1.165, 1.54) is 12.1 Å². The molecule has 0 saturated carbocycles. The van der Waals surface area contributed by atoms with Gasteiger partial charge in [0, 0.05) is 35.3 Å². The van der Waals surface area contributed by atoms with Gasteiger partial charge in [0.1, 0.15) is 34.6 Å². The van der Waals surface area contributed by atoms with Gasteiger partial charge in [-0.25, -0.2) is 26.3 Å². The third-order valence-electron chi connectivity index (χ3n) is 7.29.